The first-order valence-electron chi connectivity index (χ1n) is 7.94. The molecule has 0 bridgehead atoms. The van der Waals surface area contributed by atoms with Crippen molar-refractivity contribution in [2.24, 2.45) is 0 Å². The lowest BCUT2D eigenvalue weighted by Gasteiger charge is -2.15. The van der Waals surface area contributed by atoms with Crippen LogP contribution in [0.4, 0.5) is 17.1 Å². The van der Waals surface area contributed by atoms with E-state index in [0.717, 1.165) is 0 Å². The number of rotatable bonds is 6. The van der Waals surface area contributed by atoms with Gasteiger partial charge in [-0.05, 0) is 37.6 Å². The number of methoxy groups -OCH3 is 1. The van der Waals surface area contributed by atoms with Gasteiger partial charge in [0.25, 0.3) is 11.6 Å². The number of nitro groups is 1. The minimum absolute atomic E-state index is 0.0382. The standard InChI is InChI=1S/C18H19N3O6/c1-10-5-4-6-13(16(10)19)18(23)27-11(2)17(22)20-14-8-7-12(26-3)9-15(14)21(24)25/h4-9,11H,19H2,1-3H3,(H,20,22)/t11-/m0/s1. The van der Waals surface area contributed by atoms with Crippen LogP contribution in [0.15, 0.2) is 36.4 Å². The number of para-hydroxylation sites is 1. The smallest absolute Gasteiger partial charge is 0.341 e. The van der Waals surface area contributed by atoms with Crippen LogP contribution in [0.3, 0.4) is 0 Å². The quantitative estimate of drug-likeness (QED) is 0.344. The van der Waals surface area contributed by atoms with Crippen molar-refractivity contribution in [2.45, 2.75) is 20.0 Å². The molecule has 1 atom stereocenters. The lowest BCUT2D eigenvalue weighted by Crippen LogP contribution is -2.30. The van der Waals surface area contributed by atoms with E-state index in [1.54, 1.807) is 19.1 Å². The highest BCUT2D eigenvalue weighted by Gasteiger charge is 2.24. The van der Waals surface area contributed by atoms with Gasteiger partial charge < -0.3 is 20.5 Å². The highest BCUT2D eigenvalue weighted by Crippen LogP contribution is 2.29. The molecule has 0 saturated carbocycles. The zero-order valence-corrected chi connectivity index (χ0v) is 15.0. The van der Waals surface area contributed by atoms with Crippen LogP contribution >= 0.6 is 0 Å². The third kappa shape index (κ3) is 4.51. The van der Waals surface area contributed by atoms with Crippen molar-refractivity contribution in [1.29, 1.82) is 0 Å². The number of nitrogens with two attached hydrogens (primary N) is 1. The molecule has 0 spiro atoms. The van der Waals surface area contributed by atoms with Gasteiger partial charge in [-0.1, -0.05) is 12.1 Å². The Bertz CT molecular complexity index is 897. The molecule has 3 N–H and O–H groups in total. The van der Waals surface area contributed by atoms with E-state index in [0.29, 0.717) is 5.56 Å². The van der Waals surface area contributed by atoms with E-state index >= 15 is 0 Å². The van der Waals surface area contributed by atoms with Gasteiger partial charge in [0.15, 0.2) is 6.10 Å². The fourth-order valence-electron chi connectivity index (χ4n) is 2.27. The number of hydrogen-bond donors (Lipinski definition) is 2. The molecule has 2 rings (SSSR count). The lowest BCUT2D eigenvalue weighted by atomic mass is 10.1. The first-order chi connectivity index (χ1) is 12.7. The number of nitrogens with one attached hydrogen (secondary N) is 1. The maximum absolute atomic E-state index is 12.3. The zero-order valence-electron chi connectivity index (χ0n) is 15.0. The molecular formula is C18H19N3O6. The lowest BCUT2D eigenvalue weighted by molar-refractivity contribution is -0.384. The van der Waals surface area contributed by atoms with Crippen LogP contribution in [0.5, 0.6) is 5.75 Å². The van der Waals surface area contributed by atoms with Gasteiger partial charge in [0.1, 0.15) is 11.4 Å². The molecule has 0 aliphatic carbocycles. The Kier molecular flexibility index (Phi) is 5.96. The van der Waals surface area contributed by atoms with E-state index in [1.165, 1.54) is 38.3 Å². The Labute approximate surface area is 155 Å². The summed E-state index contributed by atoms with van der Waals surface area (Å²) in [5.74, 6) is -1.21. The van der Waals surface area contributed by atoms with E-state index in [1.807, 2.05) is 0 Å². The Morgan fingerprint density at radius 1 is 1.26 bits per heavy atom. The molecule has 2 aromatic carbocycles. The zero-order chi connectivity index (χ0) is 20.1. The molecule has 0 fully saturated rings. The number of anilines is 2. The molecule has 0 radical (unpaired) electrons. The highest BCUT2D eigenvalue weighted by molar-refractivity contribution is 6.00. The number of carbonyl (C=O) groups is 2. The van der Waals surface area contributed by atoms with Crippen LogP contribution in [-0.4, -0.2) is 30.0 Å². The minimum atomic E-state index is -1.20. The number of benzene rings is 2. The second kappa shape index (κ2) is 8.17. The van der Waals surface area contributed by atoms with Crippen molar-refractivity contribution in [2.75, 3.05) is 18.2 Å². The van der Waals surface area contributed by atoms with E-state index in [9.17, 15) is 19.7 Å². The summed E-state index contributed by atoms with van der Waals surface area (Å²) in [5.41, 5.74) is 6.58. The normalized spacial score (nSPS) is 11.4. The van der Waals surface area contributed by atoms with Crippen molar-refractivity contribution in [3.8, 4) is 5.75 Å². The summed E-state index contributed by atoms with van der Waals surface area (Å²) < 4.78 is 10.1. The molecule has 1 amide bonds. The summed E-state index contributed by atoms with van der Waals surface area (Å²) in [6, 6.07) is 8.86. The maximum Gasteiger partial charge on any atom is 0.341 e. The number of nitrogen functional groups attached to an aromatic ring is 1. The predicted molar refractivity (Wildman–Crippen MR) is 98.7 cm³/mol. The molecule has 9 heteroatoms. The molecule has 0 aliphatic heterocycles. The van der Waals surface area contributed by atoms with Gasteiger partial charge in [-0.3, -0.25) is 14.9 Å². The molecule has 27 heavy (non-hydrogen) atoms. The summed E-state index contributed by atoms with van der Waals surface area (Å²) in [6.45, 7) is 3.10. The first-order valence-corrected chi connectivity index (χ1v) is 7.94. The van der Waals surface area contributed by atoms with Crippen LogP contribution in [-0.2, 0) is 9.53 Å². The fourth-order valence-corrected chi connectivity index (χ4v) is 2.27. The summed E-state index contributed by atoms with van der Waals surface area (Å²) in [6.07, 6.45) is -1.20. The Morgan fingerprint density at radius 2 is 1.96 bits per heavy atom. The van der Waals surface area contributed by atoms with Crippen LogP contribution < -0.4 is 15.8 Å². The molecule has 0 aliphatic rings. The molecule has 0 unspecified atom stereocenters. The predicted octanol–water partition coefficient (Wildman–Crippen LogP) is 2.68. The summed E-state index contributed by atoms with van der Waals surface area (Å²) in [4.78, 5) is 35.0. The van der Waals surface area contributed by atoms with Crippen LogP contribution in [0.1, 0.15) is 22.8 Å². The van der Waals surface area contributed by atoms with E-state index in [2.05, 4.69) is 5.32 Å². The van der Waals surface area contributed by atoms with Crippen molar-refractivity contribution >= 4 is 28.9 Å². The molecule has 0 saturated heterocycles. The average Bonchev–Trinajstić information content (AvgIpc) is 2.63. The molecule has 0 heterocycles. The second-order valence-electron chi connectivity index (χ2n) is 5.71. The number of nitrogens with zero attached hydrogens (tertiary/aromatic N) is 1. The number of hydrogen-bond acceptors (Lipinski definition) is 7. The number of nitro benzene ring substituents is 1. The third-order valence-corrected chi connectivity index (χ3v) is 3.86. The number of esters is 1. The topological polar surface area (TPSA) is 134 Å². The Balaban J connectivity index is 2.13. The van der Waals surface area contributed by atoms with Gasteiger partial charge >= 0.3 is 5.97 Å². The molecule has 0 aromatic heterocycles. The van der Waals surface area contributed by atoms with Crippen molar-refractivity contribution in [1.82, 2.24) is 0 Å². The van der Waals surface area contributed by atoms with Crippen molar-refractivity contribution in [3.63, 3.8) is 0 Å². The average molecular weight is 373 g/mol. The van der Waals surface area contributed by atoms with E-state index in [4.69, 9.17) is 15.2 Å². The van der Waals surface area contributed by atoms with E-state index < -0.39 is 22.9 Å². The van der Waals surface area contributed by atoms with Crippen LogP contribution in [0.25, 0.3) is 0 Å². The summed E-state index contributed by atoms with van der Waals surface area (Å²) in [5, 5.41) is 13.6. The molecule has 2 aromatic rings. The fraction of sp³-hybridized carbons (Fsp3) is 0.222. The third-order valence-electron chi connectivity index (χ3n) is 3.86. The Hall–Kier alpha value is -3.62. The van der Waals surface area contributed by atoms with Gasteiger partial charge in [-0.25, -0.2) is 4.79 Å². The molecular weight excluding hydrogens is 354 g/mol. The highest BCUT2D eigenvalue weighted by atomic mass is 16.6. The van der Waals surface area contributed by atoms with Gasteiger partial charge in [0, 0.05) is 5.69 Å². The number of carbonyl (C=O) groups excluding carboxylic acids is 2. The number of amides is 1. The van der Waals surface area contributed by atoms with E-state index in [-0.39, 0.29) is 28.4 Å². The van der Waals surface area contributed by atoms with Gasteiger partial charge in [0.2, 0.25) is 0 Å². The largest absolute Gasteiger partial charge is 0.496 e. The van der Waals surface area contributed by atoms with Crippen LogP contribution in [0.2, 0.25) is 0 Å². The molecule has 142 valence electrons. The second-order valence-corrected chi connectivity index (χ2v) is 5.71. The van der Waals surface area contributed by atoms with Crippen molar-refractivity contribution in [3.05, 3.63) is 57.6 Å². The first kappa shape index (κ1) is 19.7. The Morgan fingerprint density at radius 3 is 2.59 bits per heavy atom. The summed E-state index contributed by atoms with van der Waals surface area (Å²) in [7, 11) is 1.37. The SMILES string of the molecule is COc1ccc(NC(=O)[C@H](C)OC(=O)c2cccc(C)c2N)c([N+](=O)[O-])c1. The minimum Gasteiger partial charge on any atom is -0.496 e. The number of ether oxygens (including phenoxy) is 2. The number of aryl methyl sites for hydroxylation is 1. The van der Waals surface area contributed by atoms with Crippen molar-refractivity contribution < 1.29 is 24.0 Å². The summed E-state index contributed by atoms with van der Waals surface area (Å²) >= 11 is 0. The molecule has 9 nitrogen and oxygen atoms in total. The van der Waals surface area contributed by atoms with Crippen LogP contribution in [0, 0.1) is 17.0 Å². The van der Waals surface area contributed by atoms with Gasteiger partial charge in [-0.2, -0.15) is 0 Å². The maximum atomic E-state index is 12.3. The van der Waals surface area contributed by atoms with Gasteiger partial charge in [-0.15, -0.1) is 0 Å². The van der Waals surface area contributed by atoms with Gasteiger partial charge in [0.05, 0.1) is 23.7 Å². The monoisotopic (exact) mass is 373 g/mol.